The van der Waals surface area contributed by atoms with E-state index in [-0.39, 0.29) is 0 Å². The summed E-state index contributed by atoms with van der Waals surface area (Å²) in [5.41, 5.74) is 2.81. The van der Waals surface area contributed by atoms with Gasteiger partial charge in [-0.05, 0) is 38.1 Å². The zero-order valence-corrected chi connectivity index (χ0v) is 16.7. The number of hydrogen-bond acceptors (Lipinski definition) is 5. The second kappa shape index (κ2) is 9.81. The van der Waals surface area contributed by atoms with Gasteiger partial charge < -0.3 is 14.5 Å². The summed E-state index contributed by atoms with van der Waals surface area (Å²) in [6.07, 6.45) is 2.41. The van der Waals surface area contributed by atoms with Crippen LogP contribution in [0.25, 0.3) is 0 Å². The first-order chi connectivity index (χ1) is 12.2. The summed E-state index contributed by atoms with van der Waals surface area (Å²) < 4.78 is 5.61. The van der Waals surface area contributed by atoms with E-state index in [0.29, 0.717) is 0 Å². The molecule has 25 heavy (non-hydrogen) atoms. The quantitative estimate of drug-likeness (QED) is 0.739. The van der Waals surface area contributed by atoms with Crippen LogP contribution in [0.3, 0.4) is 0 Å². The van der Waals surface area contributed by atoms with Gasteiger partial charge in [0.15, 0.2) is 0 Å². The zero-order valence-electron chi connectivity index (χ0n) is 15.9. The van der Waals surface area contributed by atoms with Crippen molar-refractivity contribution in [2.75, 3.05) is 71.5 Å². The van der Waals surface area contributed by atoms with Gasteiger partial charge in [0.25, 0.3) is 0 Å². The molecule has 3 rings (SSSR count). The summed E-state index contributed by atoms with van der Waals surface area (Å²) in [7, 11) is 4.01. The first kappa shape index (κ1) is 19.0. The average molecular weight is 364 g/mol. The Bertz CT molecular complexity index is 526. The van der Waals surface area contributed by atoms with Gasteiger partial charge in [-0.25, -0.2) is 0 Å². The summed E-state index contributed by atoms with van der Waals surface area (Å²) in [6, 6.07) is 6.79. The van der Waals surface area contributed by atoms with Crippen LogP contribution in [0.1, 0.15) is 17.5 Å². The molecule has 0 N–H and O–H groups in total. The Hall–Kier alpha value is -0.750. The highest BCUT2D eigenvalue weighted by Gasteiger charge is 2.15. The SMILES string of the molecule is COc1ccc(CCCN2CCN(C)CC2)cc1CN1CCSCC1. The van der Waals surface area contributed by atoms with Gasteiger partial charge in [0.05, 0.1) is 7.11 Å². The lowest BCUT2D eigenvalue weighted by atomic mass is 10.0. The van der Waals surface area contributed by atoms with Gasteiger partial charge in [0.2, 0.25) is 0 Å². The molecule has 0 aliphatic carbocycles. The van der Waals surface area contributed by atoms with Crippen LogP contribution < -0.4 is 4.74 Å². The second-order valence-corrected chi connectivity index (χ2v) is 8.51. The molecule has 0 unspecified atom stereocenters. The highest BCUT2D eigenvalue weighted by Crippen LogP contribution is 2.24. The molecule has 1 aromatic carbocycles. The first-order valence-electron chi connectivity index (χ1n) is 9.61. The standard InChI is InChI=1S/C20H33N3OS/c1-21-8-10-22(11-9-21)7-3-4-18-5-6-20(24-2)19(16-18)17-23-12-14-25-15-13-23/h5-6,16H,3-4,7-15,17H2,1-2H3. The van der Waals surface area contributed by atoms with E-state index in [0.717, 1.165) is 12.3 Å². The van der Waals surface area contributed by atoms with Crippen LogP contribution in [0.5, 0.6) is 5.75 Å². The van der Waals surface area contributed by atoms with Crippen molar-refractivity contribution in [1.29, 1.82) is 0 Å². The zero-order chi connectivity index (χ0) is 17.5. The normalized spacial score (nSPS) is 20.7. The molecule has 2 fully saturated rings. The fourth-order valence-electron chi connectivity index (χ4n) is 3.69. The van der Waals surface area contributed by atoms with Gasteiger partial charge in [-0.1, -0.05) is 12.1 Å². The minimum atomic E-state index is 1.02. The minimum absolute atomic E-state index is 1.02. The van der Waals surface area contributed by atoms with Crippen molar-refractivity contribution >= 4 is 11.8 Å². The van der Waals surface area contributed by atoms with Crippen LogP contribution in [0.15, 0.2) is 18.2 Å². The topological polar surface area (TPSA) is 19.0 Å². The number of ether oxygens (including phenoxy) is 1. The van der Waals surface area contributed by atoms with Crippen molar-refractivity contribution in [2.45, 2.75) is 19.4 Å². The van der Waals surface area contributed by atoms with Gasteiger partial charge in [0, 0.05) is 62.9 Å². The van der Waals surface area contributed by atoms with Crippen molar-refractivity contribution in [3.8, 4) is 5.75 Å². The number of rotatable bonds is 7. The lowest BCUT2D eigenvalue weighted by molar-refractivity contribution is 0.153. The summed E-state index contributed by atoms with van der Waals surface area (Å²) in [5, 5.41) is 0. The molecular formula is C20H33N3OS. The van der Waals surface area contributed by atoms with Crippen molar-refractivity contribution < 1.29 is 4.74 Å². The Morgan fingerprint density at radius 2 is 1.76 bits per heavy atom. The lowest BCUT2D eigenvalue weighted by Gasteiger charge is -2.32. The number of benzene rings is 1. The fourth-order valence-corrected chi connectivity index (χ4v) is 4.67. The molecular weight excluding hydrogens is 330 g/mol. The van der Waals surface area contributed by atoms with Crippen LogP contribution in [0, 0.1) is 0 Å². The molecule has 0 saturated carbocycles. The molecule has 0 atom stereocenters. The van der Waals surface area contributed by atoms with E-state index in [1.807, 2.05) is 0 Å². The Kier molecular flexibility index (Phi) is 7.47. The van der Waals surface area contributed by atoms with Gasteiger partial charge >= 0.3 is 0 Å². The number of aryl methyl sites for hydroxylation is 1. The third-order valence-electron chi connectivity index (χ3n) is 5.38. The van der Waals surface area contributed by atoms with Crippen molar-refractivity contribution in [1.82, 2.24) is 14.7 Å². The van der Waals surface area contributed by atoms with Crippen LogP contribution in [-0.4, -0.2) is 86.2 Å². The maximum Gasteiger partial charge on any atom is 0.123 e. The molecule has 0 bridgehead atoms. The van der Waals surface area contributed by atoms with Gasteiger partial charge in [0.1, 0.15) is 5.75 Å². The highest BCUT2D eigenvalue weighted by molar-refractivity contribution is 7.99. The average Bonchev–Trinajstić information content (AvgIpc) is 2.64. The summed E-state index contributed by atoms with van der Waals surface area (Å²) in [5.74, 6) is 3.56. The van der Waals surface area contributed by atoms with E-state index in [1.165, 1.54) is 81.3 Å². The van der Waals surface area contributed by atoms with Crippen molar-refractivity contribution in [2.24, 2.45) is 0 Å². The molecule has 2 aliphatic rings. The van der Waals surface area contributed by atoms with E-state index in [1.54, 1.807) is 7.11 Å². The number of methoxy groups -OCH3 is 1. The van der Waals surface area contributed by atoms with Crippen LogP contribution in [0.4, 0.5) is 0 Å². The lowest BCUT2D eigenvalue weighted by Crippen LogP contribution is -2.44. The Balaban J connectivity index is 1.51. The van der Waals surface area contributed by atoms with Crippen molar-refractivity contribution in [3.63, 3.8) is 0 Å². The molecule has 2 aliphatic heterocycles. The largest absolute Gasteiger partial charge is 0.496 e. The molecule has 0 aromatic heterocycles. The summed E-state index contributed by atoms with van der Waals surface area (Å²) in [4.78, 5) is 7.59. The Labute approximate surface area is 157 Å². The van der Waals surface area contributed by atoms with Crippen LogP contribution in [-0.2, 0) is 13.0 Å². The van der Waals surface area contributed by atoms with Crippen LogP contribution in [0.2, 0.25) is 0 Å². The molecule has 0 amide bonds. The predicted octanol–water partition coefficient (Wildman–Crippen LogP) is 2.42. The highest BCUT2D eigenvalue weighted by atomic mass is 32.2. The third-order valence-corrected chi connectivity index (χ3v) is 6.32. The van der Waals surface area contributed by atoms with E-state index in [4.69, 9.17) is 4.74 Å². The summed E-state index contributed by atoms with van der Waals surface area (Å²) >= 11 is 2.07. The molecule has 140 valence electrons. The summed E-state index contributed by atoms with van der Waals surface area (Å²) in [6.45, 7) is 9.49. The first-order valence-corrected chi connectivity index (χ1v) is 10.8. The minimum Gasteiger partial charge on any atom is -0.496 e. The number of thioether (sulfide) groups is 1. The number of nitrogens with zero attached hydrogens (tertiary/aromatic N) is 3. The maximum absolute atomic E-state index is 5.61. The van der Waals surface area contributed by atoms with E-state index >= 15 is 0 Å². The Morgan fingerprint density at radius 1 is 1.00 bits per heavy atom. The second-order valence-electron chi connectivity index (χ2n) is 7.28. The fraction of sp³-hybridized carbons (Fsp3) is 0.700. The van der Waals surface area contributed by atoms with Gasteiger partial charge in [-0.15, -0.1) is 0 Å². The molecule has 0 spiro atoms. The number of hydrogen-bond donors (Lipinski definition) is 0. The Morgan fingerprint density at radius 3 is 2.48 bits per heavy atom. The third kappa shape index (κ3) is 5.88. The van der Waals surface area contributed by atoms with Gasteiger partial charge in [-0.3, -0.25) is 4.90 Å². The maximum atomic E-state index is 5.61. The van der Waals surface area contributed by atoms with Gasteiger partial charge in [-0.2, -0.15) is 11.8 Å². The smallest absolute Gasteiger partial charge is 0.123 e. The molecule has 2 heterocycles. The van der Waals surface area contributed by atoms with E-state index in [9.17, 15) is 0 Å². The molecule has 4 nitrogen and oxygen atoms in total. The van der Waals surface area contributed by atoms with Crippen molar-refractivity contribution in [3.05, 3.63) is 29.3 Å². The van der Waals surface area contributed by atoms with Crippen LogP contribution >= 0.6 is 11.8 Å². The van der Waals surface area contributed by atoms with E-state index in [2.05, 4.69) is 51.7 Å². The van der Waals surface area contributed by atoms with E-state index < -0.39 is 0 Å². The predicted molar refractivity (Wildman–Crippen MR) is 108 cm³/mol. The molecule has 0 radical (unpaired) electrons. The molecule has 1 aromatic rings. The monoisotopic (exact) mass is 363 g/mol. The molecule has 2 saturated heterocycles. The molecule has 5 heteroatoms. The number of piperazine rings is 1. The number of likely N-dealkylation sites (N-methyl/N-ethyl adjacent to an activating group) is 1.